The van der Waals surface area contributed by atoms with E-state index in [2.05, 4.69) is 24.5 Å². The summed E-state index contributed by atoms with van der Waals surface area (Å²) >= 11 is 4.21. The minimum atomic E-state index is -0.976. The number of carboxylic acid groups (broad SMARTS) is 1. The molecule has 0 unspecified atom stereocenters. The third-order valence-electron chi connectivity index (χ3n) is 5.49. The minimum Gasteiger partial charge on any atom is -0.478 e. The summed E-state index contributed by atoms with van der Waals surface area (Å²) in [5.41, 5.74) is 0.695. The molecule has 190 valence electrons. The van der Waals surface area contributed by atoms with E-state index < -0.39 is 5.97 Å². The second kappa shape index (κ2) is 17.6. The van der Waals surface area contributed by atoms with Gasteiger partial charge in [-0.2, -0.15) is 12.6 Å². The van der Waals surface area contributed by atoms with Gasteiger partial charge in [0.1, 0.15) is 6.54 Å². The minimum absolute atomic E-state index is 0.0581. The average molecular weight is 485 g/mol. The quantitative estimate of drug-likeness (QED) is 0.112. The number of rotatable bonds is 19. The van der Waals surface area contributed by atoms with Gasteiger partial charge in [-0.1, -0.05) is 39.2 Å². The Hall–Kier alpha value is -1.80. The summed E-state index contributed by atoms with van der Waals surface area (Å²) in [4.78, 5) is 37.8. The van der Waals surface area contributed by atoms with Crippen LogP contribution in [0, 0.1) is 0 Å². The van der Waals surface area contributed by atoms with Crippen molar-refractivity contribution in [3.63, 3.8) is 0 Å². The number of carbonyl (C=O) groups is 3. The maximum atomic E-state index is 12.9. The second-order valence-electron chi connectivity index (χ2n) is 9.36. The van der Waals surface area contributed by atoms with E-state index in [1.165, 1.54) is 19.0 Å². The van der Waals surface area contributed by atoms with E-state index in [9.17, 15) is 14.4 Å². The lowest BCUT2D eigenvalue weighted by Crippen LogP contribution is -2.44. The van der Waals surface area contributed by atoms with Crippen LogP contribution in [0.4, 0.5) is 0 Å². The molecule has 2 N–H and O–H groups in total. The fraction of sp³-hybridized carbons (Fsp3) is 0.720. The third kappa shape index (κ3) is 15.6. The van der Waals surface area contributed by atoms with Crippen LogP contribution in [0.25, 0.3) is 0 Å². The van der Waals surface area contributed by atoms with E-state index in [1.54, 1.807) is 11.8 Å². The molecule has 2 amide bonds. The number of thiol groups is 1. The van der Waals surface area contributed by atoms with Gasteiger partial charge in [0.05, 0.1) is 26.2 Å². The van der Waals surface area contributed by atoms with Crippen molar-refractivity contribution in [2.75, 3.05) is 46.0 Å². The van der Waals surface area contributed by atoms with E-state index in [0.717, 1.165) is 50.8 Å². The first kappa shape index (κ1) is 31.2. The van der Waals surface area contributed by atoms with Crippen LogP contribution in [0.15, 0.2) is 23.9 Å². The van der Waals surface area contributed by atoms with Gasteiger partial charge in [-0.3, -0.25) is 9.59 Å². The lowest BCUT2D eigenvalue weighted by atomic mass is 10.1. The Labute approximate surface area is 206 Å². The number of likely N-dealkylation sites (N-methyl/N-ethyl adjacent to an activating group) is 1. The molecule has 0 aliphatic carbocycles. The molecule has 0 aliphatic rings. The van der Waals surface area contributed by atoms with Crippen molar-refractivity contribution in [1.82, 2.24) is 10.2 Å². The Morgan fingerprint density at radius 3 is 2.21 bits per heavy atom. The molecule has 0 rings (SSSR count). The normalized spacial score (nSPS) is 11.8. The first-order chi connectivity index (χ1) is 15.5. The molecule has 0 heterocycles. The number of amides is 2. The van der Waals surface area contributed by atoms with Gasteiger partial charge in [0.25, 0.3) is 5.91 Å². The summed E-state index contributed by atoms with van der Waals surface area (Å²) in [7, 11) is 3.92. The van der Waals surface area contributed by atoms with Crippen molar-refractivity contribution < 1.29 is 24.0 Å². The number of hydrogen-bond acceptors (Lipinski definition) is 4. The molecular weight excluding hydrogens is 438 g/mol. The highest BCUT2D eigenvalue weighted by Gasteiger charge is 2.21. The molecule has 0 saturated carbocycles. The van der Waals surface area contributed by atoms with E-state index in [0.29, 0.717) is 36.1 Å². The van der Waals surface area contributed by atoms with Crippen molar-refractivity contribution in [1.29, 1.82) is 0 Å². The Kier molecular flexibility index (Phi) is 16.7. The van der Waals surface area contributed by atoms with Crippen molar-refractivity contribution in [3.8, 4) is 0 Å². The summed E-state index contributed by atoms with van der Waals surface area (Å²) in [5, 5.41) is 11.8. The van der Waals surface area contributed by atoms with E-state index in [-0.39, 0.29) is 17.4 Å². The molecule has 0 bridgehead atoms. The van der Waals surface area contributed by atoms with E-state index >= 15 is 0 Å². The first-order valence-electron chi connectivity index (χ1n) is 12.1. The van der Waals surface area contributed by atoms with Crippen LogP contribution in [0.2, 0.25) is 0 Å². The van der Waals surface area contributed by atoms with Gasteiger partial charge in [-0.05, 0) is 31.9 Å². The van der Waals surface area contributed by atoms with Crippen LogP contribution in [0.1, 0.15) is 71.6 Å². The average Bonchev–Trinajstić information content (AvgIpc) is 2.75. The second-order valence-corrected chi connectivity index (χ2v) is 9.81. The summed E-state index contributed by atoms with van der Waals surface area (Å²) in [6, 6.07) is 0. The number of carbonyl (C=O) groups excluding carboxylic acids is 2. The van der Waals surface area contributed by atoms with Crippen molar-refractivity contribution in [2.45, 2.75) is 71.6 Å². The summed E-state index contributed by atoms with van der Waals surface area (Å²) in [6.07, 6.45) is 10.2. The zero-order chi connectivity index (χ0) is 25.3. The Morgan fingerprint density at radius 1 is 1.03 bits per heavy atom. The number of aliphatic carboxylic acids is 1. The highest BCUT2D eigenvalue weighted by molar-refractivity contribution is 7.80. The molecule has 0 atom stereocenters. The fourth-order valence-corrected chi connectivity index (χ4v) is 3.84. The molecule has 8 heteroatoms. The third-order valence-corrected chi connectivity index (χ3v) is 5.81. The van der Waals surface area contributed by atoms with E-state index in [1.807, 2.05) is 21.0 Å². The maximum absolute atomic E-state index is 12.9. The van der Waals surface area contributed by atoms with Crippen LogP contribution in [0.3, 0.4) is 0 Å². The first-order valence-corrected chi connectivity index (χ1v) is 12.8. The van der Waals surface area contributed by atoms with Gasteiger partial charge < -0.3 is 19.8 Å². The standard InChI is InChI=1S/C25H45N3O4S/c1-6-15-27(16-13-17-28(4,5)20-22(3)25(31)32)24(30)21(2)19-26-23(29)14-11-9-7-8-10-12-18-33/h19H,3,6-18,20H2,1-2,4-5H3,(H2-,26,29,31,32,33)/p+1. The highest BCUT2D eigenvalue weighted by atomic mass is 32.1. The predicted octanol–water partition coefficient (Wildman–Crippen LogP) is 4.01. The summed E-state index contributed by atoms with van der Waals surface area (Å²) in [5.74, 6) is -0.183. The van der Waals surface area contributed by atoms with Crippen LogP contribution in [0.5, 0.6) is 0 Å². The number of hydrogen-bond donors (Lipinski definition) is 3. The van der Waals surface area contributed by atoms with E-state index in [4.69, 9.17) is 5.11 Å². The Morgan fingerprint density at radius 2 is 1.64 bits per heavy atom. The largest absolute Gasteiger partial charge is 0.478 e. The van der Waals surface area contributed by atoms with Crippen molar-refractivity contribution in [3.05, 3.63) is 23.9 Å². The molecular formula is C25H46N3O4S+. The maximum Gasteiger partial charge on any atom is 0.336 e. The number of quaternary nitrogens is 1. The van der Waals surface area contributed by atoms with Crippen LogP contribution >= 0.6 is 12.6 Å². The molecule has 33 heavy (non-hydrogen) atoms. The van der Waals surface area contributed by atoms with Crippen LogP contribution in [-0.2, 0) is 14.4 Å². The number of nitrogens with zero attached hydrogens (tertiary/aromatic N) is 2. The van der Waals surface area contributed by atoms with Gasteiger partial charge >= 0.3 is 5.97 Å². The molecule has 0 saturated heterocycles. The molecule has 0 aliphatic heterocycles. The SMILES string of the molecule is C=C(C[N+](C)(C)CCCN(CCC)C(=O)C(C)=CNC(=O)CCCCCCCCS)C(=O)O. The molecule has 0 spiro atoms. The highest BCUT2D eigenvalue weighted by Crippen LogP contribution is 2.09. The fourth-order valence-electron chi connectivity index (χ4n) is 3.61. The van der Waals surface area contributed by atoms with Gasteiger partial charge in [0.15, 0.2) is 0 Å². The molecule has 0 aromatic heterocycles. The molecule has 7 nitrogen and oxygen atoms in total. The molecule has 0 fully saturated rings. The number of nitrogens with one attached hydrogen (secondary N) is 1. The Balaban J connectivity index is 4.50. The van der Waals surface area contributed by atoms with Crippen LogP contribution < -0.4 is 5.32 Å². The zero-order valence-corrected chi connectivity index (χ0v) is 22.1. The summed E-state index contributed by atoms with van der Waals surface area (Å²) < 4.78 is 0.499. The lowest BCUT2D eigenvalue weighted by Gasteiger charge is -2.31. The topological polar surface area (TPSA) is 86.7 Å². The van der Waals surface area contributed by atoms with Crippen molar-refractivity contribution >= 4 is 30.4 Å². The predicted molar refractivity (Wildman–Crippen MR) is 138 cm³/mol. The van der Waals surface area contributed by atoms with Crippen molar-refractivity contribution in [2.24, 2.45) is 0 Å². The summed E-state index contributed by atoms with van der Waals surface area (Å²) in [6.45, 7) is 9.67. The van der Waals surface area contributed by atoms with Gasteiger partial charge in [-0.15, -0.1) is 0 Å². The molecule has 0 aromatic rings. The Bertz CT molecular complexity index is 662. The monoisotopic (exact) mass is 484 g/mol. The number of carboxylic acids is 1. The zero-order valence-electron chi connectivity index (χ0n) is 21.2. The van der Waals surface area contributed by atoms with Crippen LogP contribution in [-0.4, -0.2) is 78.3 Å². The molecule has 0 aromatic carbocycles. The van der Waals surface area contributed by atoms with Gasteiger partial charge in [0.2, 0.25) is 5.91 Å². The molecule has 0 radical (unpaired) electrons. The number of unbranched alkanes of at least 4 members (excludes halogenated alkanes) is 5. The van der Waals surface area contributed by atoms with Gasteiger partial charge in [-0.25, -0.2) is 4.79 Å². The lowest BCUT2D eigenvalue weighted by molar-refractivity contribution is -0.885. The van der Waals surface area contributed by atoms with Gasteiger partial charge in [0, 0.05) is 37.7 Å². The smallest absolute Gasteiger partial charge is 0.336 e.